The molecule has 1 heterocycles. The quantitative estimate of drug-likeness (QED) is 0.415. The molecule has 0 unspecified atom stereocenters. The van der Waals surface area contributed by atoms with Gasteiger partial charge in [0.25, 0.3) is 0 Å². The zero-order valence-corrected chi connectivity index (χ0v) is 14.0. The molecule has 1 aromatic heterocycles. The van der Waals surface area contributed by atoms with Crippen molar-refractivity contribution in [3.63, 3.8) is 0 Å². The second-order valence-corrected chi connectivity index (χ2v) is 6.64. The highest BCUT2D eigenvalue weighted by Crippen LogP contribution is 2.41. The summed E-state index contributed by atoms with van der Waals surface area (Å²) in [7, 11) is 0. The second kappa shape index (κ2) is 5.14. The summed E-state index contributed by atoms with van der Waals surface area (Å²) in [6.07, 6.45) is 4.02. The van der Waals surface area contributed by atoms with Gasteiger partial charge in [-0.2, -0.15) is 0 Å². The molecular formula is C14H11ClINOS. The average Bonchev–Trinajstić information content (AvgIpc) is 3.13. The number of nitrogens with zero attached hydrogens (tertiary/aromatic N) is 1. The molecule has 1 fully saturated rings. The van der Waals surface area contributed by atoms with Crippen LogP contribution in [0.1, 0.15) is 41.1 Å². The maximum absolute atomic E-state index is 6.13. The highest BCUT2D eigenvalue weighted by Gasteiger charge is 2.31. The van der Waals surface area contributed by atoms with Crippen molar-refractivity contribution in [2.75, 3.05) is 0 Å². The van der Waals surface area contributed by atoms with Crippen LogP contribution in [-0.2, 0) is 0 Å². The number of thiocarbonyl (C=S) groups is 1. The summed E-state index contributed by atoms with van der Waals surface area (Å²) < 4.78 is 6.16. The first-order valence-electron chi connectivity index (χ1n) is 6.03. The van der Waals surface area contributed by atoms with Crippen LogP contribution in [0.3, 0.4) is 0 Å². The van der Waals surface area contributed by atoms with Gasteiger partial charge in [0.05, 0.1) is 21.1 Å². The van der Waals surface area contributed by atoms with E-state index in [2.05, 4.69) is 27.7 Å². The second-order valence-electron chi connectivity index (χ2n) is 4.75. The van der Waals surface area contributed by atoms with Gasteiger partial charge in [0.2, 0.25) is 0 Å². The maximum Gasteiger partial charge on any atom is 0.132 e. The highest BCUT2D eigenvalue weighted by atomic mass is 127. The molecule has 3 rings (SSSR count). The van der Waals surface area contributed by atoms with Gasteiger partial charge in [-0.25, -0.2) is 0 Å². The Labute approximate surface area is 135 Å². The van der Waals surface area contributed by atoms with Gasteiger partial charge in [0.1, 0.15) is 6.26 Å². The summed E-state index contributed by atoms with van der Waals surface area (Å²) in [5, 5.41) is 4.87. The van der Waals surface area contributed by atoms with Crippen molar-refractivity contribution >= 4 is 51.3 Å². The molecule has 0 N–H and O–H groups in total. The minimum Gasteiger partial charge on any atom is -0.364 e. The van der Waals surface area contributed by atoms with Crippen LogP contribution >= 0.6 is 46.4 Å². The molecule has 0 spiro atoms. The third-order valence-corrected chi connectivity index (χ3v) is 5.85. The molecule has 0 saturated heterocycles. The van der Waals surface area contributed by atoms with E-state index in [1.807, 2.05) is 19.1 Å². The lowest BCUT2D eigenvalue weighted by Crippen LogP contribution is -2.05. The van der Waals surface area contributed by atoms with Crippen LogP contribution in [0, 0.1) is 10.5 Å². The first-order valence-corrected chi connectivity index (χ1v) is 7.89. The zero-order valence-electron chi connectivity index (χ0n) is 10.2. The summed E-state index contributed by atoms with van der Waals surface area (Å²) >= 11 is 14.0. The van der Waals surface area contributed by atoms with Gasteiger partial charge in [0, 0.05) is 9.49 Å². The number of benzene rings is 1. The molecule has 0 radical (unpaired) electrons. The van der Waals surface area contributed by atoms with E-state index in [4.69, 9.17) is 28.3 Å². The first kappa shape index (κ1) is 13.5. The van der Waals surface area contributed by atoms with Crippen LogP contribution in [0.4, 0.5) is 0 Å². The summed E-state index contributed by atoms with van der Waals surface area (Å²) in [6, 6.07) is 3.87. The van der Waals surface area contributed by atoms with Crippen molar-refractivity contribution in [2.45, 2.75) is 25.7 Å². The Hall–Kier alpha value is -0.460. The van der Waals surface area contributed by atoms with Gasteiger partial charge >= 0.3 is 0 Å². The Morgan fingerprint density at radius 3 is 2.84 bits per heavy atom. The summed E-state index contributed by atoms with van der Waals surface area (Å²) in [6.45, 7) is 2.04. The van der Waals surface area contributed by atoms with Gasteiger partial charge in [-0.05, 0) is 59.5 Å². The van der Waals surface area contributed by atoms with Gasteiger partial charge < -0.3 is 4.52 Å². The fraction of sp³-hybridized carbons (Fsp3) is 0.286. The normalized spacial score (nSPS) is 14.7. The molecule has 1 saturated carbocycles. The minimum absolute atomic E-state index is 0.526. The molecule has 2 nitrogen and oxygen atoms in total. The van der Waals surface area contributed by atoms with E-state index in [0.29, 0.717) is 5.92 Å². The third kappa shape index (κ3) is 2.45. The van der Waals surface area contributed by atoms with Crippen LogP contribution in [0.5, 0.6) is 0 Å². The van der Waals surface area contributed by atoms with E-state index in [0.717, 1.165) is 35.8 Å². The number of rotatable bonds is 3. The molecule has 5 heteroatoms. The van der Waals surface area contributed by atoms with Crippen LogP contribution in [0.25, 0.3) is 0 Å². The number of hydrogen-bond acceptors (Lipinski definition) is 3. The molecule has 0 aliphatic heterocycles. The standard InChI is InChI=1S/C14H11ClINOS/c1-7-9(4-5-11(15)12(7)16)14(19)10-6-18-17-13(10)8-2-3-8/h4-6,8H,2-3H2,1H3. The molecule has 0 atom stereocenters. The van der Waals surface area contributed by atoms with Gasteiger partial charge in [-0.15, -0.1) is 0 Å². The highest BCUT2D eigenvalue weighted by molar-refractivity contribution is 14.1. The smallest absolute Gasteiger partial charge is 0.132 e. The Bertz CT molecular complexity index is 663. The fourth-order valence-electron chi connectivity index (χ4n) is 2.11. The van der Waals surface area contributed by atoms with Crippen molar-refractivity contribution in [3.05, 3.63) is 49.4 Å². The van der Waals surface area contributed by atoms with Crippen LogP contribution in [0.2, 0.25) is 5.02 Å². The number of halogens is 2. The third-order valence-electron chi connectivity index (χ3n) is 3.39. The molecule has 98 valence electrons. The van der Waals surface area contributed by atoms with E-state index in [9.17, 15) is 0 Å². The fourth-order valence-corrected chi connectivity index (χ4v) is 3.16. The largest absolute Gasteiger partial charge is 0.364 e. The Kier molecular flexibility index (Phi) is 3.66. The summed E-state index contributed by atoms with van der Waals surface area (Å²) in [5.74, 6) is 0.526. The van der Waals surface area contributed by atoms with Gasteiger partial charge in [-0.3, -0.25) is 0 Å². The van der Waals surface area contributed by atoms with Gasteiger partial charge in [-0.1, -0.05) is 35.0 Å². The SMILES string of the molecule is Cc1c(C(=S)c2conc2C2CC2)ccc(Cl)c1I. The van der Waals surface area contributed by atoms with Crippen LogP contribution in [0.15, 0.2) is 22.9 Å². The van der Waals surface area contributed by atoms with E-state index < -0.39 is 0 Å². The van der Waals surface area contributed by atoms with E-state index in [1.54, 1.807) is 6.26 Å². The minimum atomic E-state index is 0.526. The topological polar surface area (TPSA) is 26.0 Å². The summed E-state index contributed by atoms with van der Waals surface area (Å²) in [4.78, 5) is 0.801. The van der Waals surface area contributed by atoms with Gasteiger partial charge in [0.15, 0.2) is 0 Å². The molecule has 0 amide bonds. The number of aromatic nitrogens is 1. The van der Waals surface area contributed by atoms with Crippen molar-refractivity contribution in [3.8, 4) is 0 Å². The molecule has 1 aliphatic carbocycles. The predicted octanol–water partition coefficient (Wildman–Crippen LogP) is 4.88. The van der Waals surface area contributed by atoms with E-state index >= 15 is 0 Å². The lowest BCUT2D eigenvalue weighted by molar-refractivity contribution is 0.412. The predicted molar refractivity (Wildman–Crippen MR) is 88.2 cm³/mol. The first-order chi connectivity index (χ1) is 9.09. The summed E-state index contributed by atoms with van der Waals surface area (Å²) in [5.41, 5.74) is 4.11. The van der Waals surface area contributed by atoms with Crippen LogP contribution < -0.4 is 0 Å². The Morgan fingerprint density at radius 2 is 2.16 bits per heavy atom. The molecule has 1 aliphatic rings. The zero-order chi connectivity index (χ0) is 13.6. The Balaban J connectivity index is 2.04. The lowest BCUT2D eigenvalue weighted by atomic mass is 9.99. The molecule has 19 heavy (non-hydrogen) atoms. The van der Waals surface area contributed by atoms with Crippen molar-refractivity contribution in [2.24, 2.45) is 0 Å². The van der Waals surface area contributed by atoms with E-state index in [-0.39, 0.29) is 0 Å². The lowest BCUT2D eigenvalue weighted by Gasteiger charge is -2.10. The maximum atomic E-state index is 6.13. The Morgan fingerprint density at radius 1 is 1.42 bits per heavy atom. The molecule has 0 bridgehead atoms. The van der Waals surface area contributed by atoms with Crippen molar-refractivity contribution in [1.29, 1.82) is 0 Å². The van der Waals surface area contributed by atoms with Crippen LogP contribution in [-0.4, -0.2) is 10.0 Å². The van der Waals surface area contributed by atoms with E-state index in [1.165, 1.54) is 12.8 Å². The average molecular weight is 404 g/mol. The van der Waals surface area contributed by atoms with Crippen molar-refractivity contribution < 1.29 is 4.52 Å². The molecule has 2 aromatic rings. The van der Waals surface area contributed by atoms with Crippen molar-refractivity contribution in [1.82, 2.24) is 5.16 Å². The molecular weight excluding hydrogens is 393 g/mol. The monoisotopic (exact) mass is 403 g/mol. The number of hydrogen-bond donors (Lipinski definition) is 0. The molecule has 1 aromatic carbocycles.